The summed E-state index contributed by atoms with van der Waals surface area (Å²) in [6, 6.07) is 1.74. The van der Waals surface area contributed by atoms with Crippen molar-refractivity contribution in [1.29, 1.82) is 0 Å². The summed E-state index contributed by atoms with van der Waals surface area (Å²) < 4.78 is 4.93. The van der Waals surface area contributed by atoms with Gasteiger partial charge in [-0.25, -0.2) is 4.98 Å². The number of hydrogen-bond acceptors (Lipinski definition) is 7. The second-order valence-electron chi connectivity index (χ2n) is 6.34. The quantitative estimate of drug-likeness (QED) is 0.819. The van der Waals surface area contributed by atoms with Crippen molar-refractivity contribution in [2.24, 2.45) is 0 Å². The largest absolute Gasteiger partial charge is 0.360 e. The van der Waals surface area contributed by atoms with Crippen molar-refractivity contribution in [2.75, 3.05) is 25.0 Å². The number of anilines is 1. The van der Waals surface area contributed by atoms with Gasteiger partial charge in [0, 0.05) is 31.0 Å². The molecule has 138 valence electrons. The zero-order valence-electron chi connectivity index (χ0n) is 14.6. The number of carbonyl (C=O) groups excluding carboxylic acids is 2. The van der Waals surface area contributed by atoms with E-state index >= 15 is 0 Å². The van der Waals surface area contributed by atoms with Crippen LogP contribution in [0.25, 0.3) is 0 Å². The molecule has 0 saturated carbocycles. The molecule has 3 rings (SSSR count). The lowest BCUT2D eigenvalue weighted by molar-refractivity contribution is -0.117. The second-order valence-corrected chi connectivity index (χ2v) is 6.34. The van der Waals surface area contributed by atoms with Crippen LogP contribution < -0.4 is 10.6 Å². The maximum absolute atomic E-state index is 12.2. The average Bonchev–Trinajstić information content (AvgIpc) is 2.91. The molecule has 2 N–H and O–H groups in total. The lowest BCUT2D eigenvalue weighted by Gasteiger charge is -2.19. The fourth-order valence-corrected chi connectivity index (χ4v) is 2.94. The Labute approximate surface area is 151 Å². The molecule has 0 spiro atoms. The Balaban J connectivity index is 1.45. The van der Waals surface area contributed by atoms with Crippen LogP contribution in [0.2, 0.25) is 0 Å². The molecule has 26 heavy (non-hydrogen) atoms. The first-order valence-electron chi connectivity index (χ1n) is 8.62. The molecule has 0 radical (unpaired) electrons. The lowest BCUT2D eigenvalue weighted by Crippen LogP contribution is -2.37. The Kier molecular flexibility index (Phi) is 5.90. The number of hydrogen-bond donors (Lipinski definition) is 2. The molecule has 2 aromatic rings. The number of amides is 2. The van der Waals surface area contributed by atoms with E-state index in [4.69, 9.17) is 4.52 Å². The third-order valence-electron chi connectivity index (χ3n) is 4.21. The summed E-state index contributed by atoms with van der Waals surface area (Å²) in [4.78, 5) is 34.3. The molecule has 0 aliphatic carbocycles. The number of nitrogens with one attached hydrogen (secondary N) is 2. The molecule has 1 aliphatic heterocycles. The van der Waals surface area contributed by atoms with Crippen molar-refractivity contribution < 1.29 is 14.1 Å². The Hall–Kier alpha value is -2.81. The average molecular weight is 358 g/mol. The van der Waals surface area contributed by atoms with Gasteiger partial charge in [-0.3, -0.25) is 19.5 Å². The van der Waals surface area contributed by atoms with Crippen molar-refractivity contribution in [3.05, 3.63) is 36.1 Å². The molecule has 0 bridgehead atoms. The van der Waals surface area contributed by atoms with E-state index in [1.165, 1.54) is 18.6 Å². The minimum Gasteiger partial charge on any atom is -0.360 e. The summed E-state index contributed by atoms with van der Waals surface area (Å²) in [7, 11) is 0. The van der Waals surface area contributed by atoms with Crippen molar-refractivity contribution in [3.8, 4) is 0 Å². The van der Waals surface area contributed by atoms with Gasteiger partial charge in [-0.1, -0.05) is 5.16 Å². The Morgan fingerprint density at radius 1 is 1.31 bits per heavy atom. The van der Waals surface area contributed by atoms with Crippen LogP contribution in [0.5, 0.6) is 0 Å². The molecule has 9 nitrogen and oxygen atoms in total. The van der Waals surface area contributed by atoms with E-state index in [2.05, 4.69) is 30.7 Å². The fraction of sp³-hybridized carbons (Fsp3) is 0.471. The van der Waals surface area contributed by atoms with Gasteiger partial charge in [0.05, 0.1) is 12.7 Å². The SMILES string of the molecule is Cc1cc(NC(=O)CN2CCC[C@H](NC(=O)c3cnccn3)CC2)no1. The van der Waals surface area contributed by atoms with Crippen LogP contribution >= 0.6 is 0 Å². The van der Waals surface area contributed by atoms with Gasteiger partial charge in [0.1, 0.15) is 11.5 Å². The van der Waals surface area contributed by atoms with Gasteiger partial charge in [0.25, 0.3) is 5.91 Å². The Morgan fingerprint density at radius 3 is 2.92 bits per heavy atom. The van der Waals surface area contributed by atoms with Crippen molar-refractivity contribution in [3.63, 3.8) is 0 Å². The highest BCUT2D eigenvalue weighted by Gasteiger charge is 2.21. The van der Waals surface area contributed by atoms with Gasteiger partial charge in [0.2, 0.25) is 5.91 Å². The van der Waals surface area contributed by atoms with Gasteiger partial charge in [-0.05, 0) is 32.7 Å². The van der Waals surface area contributed by atoms with Crippen molar-refractivity contribution >= 4 is 17.6 Å². The number of nitrogens with zero attached hydrogens (tertiary/aromatic N) is 4. The molecule has 9 heteroatoms. The minimum atomic E-state index is -0.212. The van der Waals surface area contributed by atoms with Crippen LogP contribution in [0.4, 0.5) is 5.82 Å². The normalized spacial score (nSPS) is 18.1. The van der Waals surface area contributed by atoms with Crippen LogP contribution in [-0.2, 0) is 4.79 Å². The third-order valence-corrected chi connectivity index (χ3v) is 4.21. The zero-order valence-corrected chi connectivity index (χ0v) is 14.6. The van der Waals surface area contributed by atoms with Crippen LogP contribution in [0.15, 0.2) is 29.2 Å². The summed E-state index contributed by atoms with van der Waals surface area (Å²) in [5, 5.41) is 9.48. The third kappa shape index (κ3) is 5.09. The standard InChI is InChI=1S/C17H22N6O3/c1-12-9-15(22-26-12)21-16(24)11-23-7-2-3-13(4-8-23)20-17(25)14-10-18-5-6-19-14/h5-6,9-10,13H,2-4,7-8,11H2,1H3,(H,20,25)(H,21,22,24)/t13-/m0/s1. The topological polar surface area (TPSA) is 113 Å². The van der Waals surface area contributed by atoms with Gasteiger partial charge in [0.15, 0.2) is 5.82 Å². The minimum absolute atomic E-state index is 0.0655. The van der Waals surface area contributed by atoms with E-state index in [0.717, 1.165) is 32.4 Å². The maximum Gasteiger partial charge on any atom is 0.271 e. The summed E-state index contributed by atoms with van der Waals surface area (Å²) in [5.74, 6) is 0.740. The van der Waals surface area contributed by atoms with Gasteiger partial charge in [-0.2, -0.15) is 0 Å². The van der Waals surface area contributed by atoms with E-state index in [1.54, 1.807) is 13.0 Å². The molecular formula is C17H22N6O3. The number of aromatic nitrogens is 3. The van der Waals surface area contributed by atoms with Crippen molar-refractivity contribution in [2.45, 2.75) is 32.2 Å². The lowest BCUT2D eigenvalue weighted by atomic mass is 10.1. The highest BCUT2D eigenvalue weighted by Crippen LogP contribution is 2.12. The number of likely N-dealkylation sites (tertiary alicyclic amines) is 1. The molecule has 1 atom stereocenters. The van der Waals surface area contributed by atoms with Gasteiger partial charge in [-0.15, -0.1) is 0 Å². The molecule has 1 aliphatic rings. The van der Waals surface area contributed by atoms with E-state index in [-0.39, 0.29) is 24.4 Å². The maximum atomic E-state index is 12.2. The van der Waals surface area contributed by atoms with E-state index in [1.807, 2.05) is 0 Å². The Morgan fingerprint density at radius 2 is 2.19 bits per heavy atom. The van der Waals surface area contributed by atoms with E-state index in [9.17, 15) is 9.59 Å². The fourth-order valence-electron chi connectivity index (χ4n) is 2.94. The van der Waals surface area contributed by atoms with Gasteiger partial charge >= 0.3 is 0 Å². The summed E-state index contributed by atoms with van der Waals surface area (Å²) in [6.45, 7) is 3.60. The van der Waals surface area contributed by atoms with Crippen molar-refractivity contribution in [1.82, 2.24) is 25.3 Å². The molecule has 3 heterocycles. The summed E-state index contributed by atoms with van der Waals surface area (Å²) >= 11 is 0. The summed E-state index contributed by atoms with van der Waals surface area (Å²) in [5.41, 5.74) is 0.316. The number of carbonyl (C=O) groups is 2. The molecule has 0 unspecified atom stereocenters. The highest BCUT2D eigenvalue weighted by molar-refractivity contribution is 5.92. The predicted molar refractivity (Wildman–Crippen MR) is 93.4 cm³/mol. The first-order chi connectivity index (χ1) is 12.6. The van der Waals surface area contributed by atoms with Crippen LogP contribution in [0, 0.1) is 6.92 Å². The molecule has 2 aromatic heterocycles. The molecule has 1 saturated heterocycles. The summed E-state index contributed by atoms with van der Waals surface area (Å²) in [6.07, 6.45) is 7.04. The molecular weight excluding hydrogens is 336 g/mol. The predicted octanol–water partition coefficient (Wildman–Crippen LogP) is 0.996. The van der Waals surface area contributed by atoms with Crippen LogP contribution in [0.1, 0.15) is 35.5 Å². The second kappa shape index (κ2) is 8.52. The molecule has 0 aromatic carbocycles. The first-order valence-corrected chi connectivity index (χ1v) is 8.62. The smallest absolute Gasteiger partial charge is 0.271 e. The number of rotatable bonds is 5. The Bertz CT molecular complexity index is 748. The monoisotopic (exact) mass is 358 g/mol. The van der Waals surface area contributed by atoms with E-state index in [0.29, 0.717) is 17.3 Å². The van der Waals surface area contributed by atoms with Crippen LogP contribution in [0.3, 0.4) is 0 Å². The van der Waals surface area contributed by atoms with E-state index < -0.39 is 0 Å². The van der Waals surface area contributed by atoms with Crippen LogP contribution in [-0.4, -0.2) is 57.5 Å². The highest BCUT2D eigenvalue weighted by atomic mass is 16.5. The number of aryl methyl sites for hydroxylation is 1. The molecule has 2 amide bonds. The molecule has 1 fully saturated rings. The zero-order chi connectivity index (χ0) is 18.4. The first kappa shape index (κ1) is 18.0. The van der Waals surface area contributed by atoms with Gasteiger partial charge < -0.3 is 15.2 Å².